The maximum Gasteiger partial charge on any atom is 0.340 e. The van der Waals surface area contributed by atoms with Crippen molar-refractivity contribution in [2.75, 3.05) is 0 Å². The quantitative estimate of drug-likeness (QED) is 0.209. The van der Waals surface area contributed by atoms with E-state index in [0.717, 1.165) is 0 Å². The molecule has 0 saturated heterocycles. The smallest absolute Gasteiger partial charge is 0.340 e. The number of rotatable bonds is 2. The topological polar surface area (TPSA) is 75.1 Å². The molecule has 0 aliphatic carbocycles. The molecule has 0 fully saturated rings. The summed E-state index contributed by atoms with van der Waals surface area (Å²) in [4.78, 5) is 13.4. The SMILES string of the molecule is C=C(N=[N+]=[N-])C(=O)OC(C)(C)C. The van der Waals surface area contributed by atoms with Crippen LogP contribution in [0.1, 0.15) is 20.8 Å². The molecule has 0 heterocycles. The molecule has 0 radical (unpaired) electrons. The van der Waals surface area contributed by atoms with Crippen LogP contribution in [0.3, 0.4) is 0 Å². The van der Waals surface area contributed by atoms with E-state index in [4.69, 9.17) is 10.3 Å². The highest BCUT2D eigenvalue weighted by Gasteiger charge is 2.17. The van der Waals surface area contributed by atoms with Gasteiger partial charge in [-0.05, 0) is 26.3 Å². The number of carbonyl (C=O) groups is 1. The lowest BCUT2D eigenvalue weighted by Crippen LogP contribution is -2.24. The summed E-state index contributed by atoms with van der Waals surface area (Å²) in [5.41, 5.74) is 7.15. The van der Waals surface area contributed by atoms with Crippen LogP contribution in [0.2, 0.25) is 0 Å². The zero-order chi connectivity index (χ0) is 9.78. The fourth-order valence-corrected chi connectivity index (χ4v) is 0.432. The second-order valence-corrected chi connectivity index (χ2v) is 3.14. The molecule has 0 atom stereocenters. The summed E-state index contributed by atoms with van der Waals surface area (Å²) in [5, 5.41) is 3.02. The summed E-state index contributed by atoms with van der Waals surface area (Å²) in [5.74, 6) is -0.694. The summed E-state index contributed by atoms with van der Waals surface area (Å²) in [7, 11) is 0. The largest absolute Gasteiger partial charge is 0.456 e. The van der Waals surface area contributed by atoms with E-state index in [-0.39, 0.29) is 5.70 Å². The molecule has 66 valence electrons. The molecule has 0 spiro atoms. The van der Waals surface area contributed by atoms with Crippen molar-refractivity contribution < 1.29 is 9.53 Å². The van der Waals surface area contributed by atoms with Crippen molar-refractivity contribution in [3.63, 3.8) is 0 Å². The van der Waals surface area contributed by atoms with Crippen molar-refractivity contribution >= 4 is 5.97 Å². The lowest BCUT2D eigenvalue weighted by molar-refractivity contribution is -0.149. The van der Waals surface area contributed by atoms with Gasteiger partial charge in [0.05, 0.1) is 0 Å². The predicted octanol–water partition coefficient (Wildman–Crippen LogP) is 2.15. The Bertz CT molecular complexity index is 246. The first kappa shape index (κ1) is 10.5. The van der Waals surface area contributed by atoms with Crippen molar-refractivity contribution in [2.45, 2.75) is 26.4 Å². The Morgan fingerprint density at radius 3 is 2.42 bits per heavy atom. The highest BCUT2D eigenvalue weighted by molar-refractivity contribution is 5.87. The lowest BCUT2D eigenvalue weighted by Gasteiger charge is -2.18. The summed E-state index contributed by atoms with van der Waals surface area (Å²) in [6, 6.07) is 0. The van der Waals surface area contributed by atoms with E-state index in [1.807, 2.05) is 0 Å². The van der Waals surface area contributed by atoms with Crippen LogP contribution < -0.4 is 0 Å². The summed E-state index contributed by atoms with van der Waals surface area (Å²) in [6.45, 7) is 8.38. The first-order valence-corrected chi connectivity index (χ1v) is 3.34. The zero-order valence-electron chi connectivity index (χ0n) is 7.37. The summed E-state index contributed by atoms with van der Waals surface area (Å²) < 4.78 is 4.85. The van der Waals surface area contributed by atoms with Crippen LogP contribution in [0.25, 0.3) is 10.4 Å². The molecule has 12 heavy (non-hydrogen) atoms. The van der Waals surface area contributed by atoms with Gasteiger partial charge in [-0.1, -0.05) is 11.7 Å². The molecule has 0 bridgehead atoms. The maximum absolute atomic E-state index is 11.0. The van der Waals surface area contributed by atoms with Crippen molar-refractivity contribution in [3.05, 3.63) is 22.7 Å². The van der Waals surface area contributed by atoms with E-state index in [0.29, 0.717) is 0 Å². The normalized spacial score (nSPS) is 9.92. The van der Waals surface area contributed by atoms with Gasteiger partial charge < -0.3 is 4.74 Å². The summed E-state index contributed by atoms with van der Waals surface area (Å²) in [6.07, 6.45) is 0. The summed E-state index contributed by atoms with van der Waals surface area (Å²) >= 11 is 0. The van der Waals surface area contributed by atoms with E-state index >= 15 is 0 Å². The number of hydrogen-bond donors (Lipinski definition) is 0. The average molecular weight is 169 g/mol. The van der Waals surface area contributed by atoms with Gasteiger partial charge in [-0.2, -0.15) is 0 Å². The number of azide groups is 1. The van der Waals surface area contributed by atoms with Gasteiger partial charge in [0.1, 0.15) is 11.3 Å². The van der Waals surface area contributed by atoms with Crippen molar-refractivity contribution in [1.82, 2.24) is 0 Å². The van der Waals surface area contributed by atoms with Crippen LogP contribution in [-0.4, -0.2) is 11.6 Å². The van der Waals surface area contributed by atoms with Crippen molar-refractivity contribution in [3.8, 4) is 0 Å². The van der Waals surface area contributed by atoms with Gasteiger partial charge in [-0.3, -0.25) is 0 Å². The van der Waals surface area contributed by atoms with Gasteiger partial charge in [0.25, 0.3) is 0 Å². The fraction of sp³-hybridized carbons (Fsp3) is 0.571. The highest BCUT2D eigenvalue weighted by Crippen LogP contribution is 2.10. The number of carbonyl (C=O) groups excluding carboxylic acids is 1. The predicted molar refractivity (Wildman–Crippen MR) is 44.1 cm³/mol. The Kier molecular flexibility index (Phi) is 3.31. The Hall–Kier alpha value is -1.48. The third kappa shape index (κ3) is 4.35. The highest BCUT2D eigenvalue weighted by atomic mass is 16.6. The van der Waals surface area contributed by atoms with Crippen LogP contribution in [0.15, 0.2) is 17.4 Å². The van der Waals surface area contributed by atoms with Crippen LogP contribution >= 0.6 is 0 Å². The molecule has 5 heteroatoms. The van der Waals surface area contributed by atoms with Gasteiger partial charge in [-0.25, -0.2) is 4.79 Å². The van der Waals surface area contributed by atoms with Crippen LogP contribution in [0.4, 0.5) is 0 Å². The fourth-order valence-electron chi connectivity index (χ4n) is 0.432. The minimum Gasteiger partial charge on any atom is -0.456 e. The number of esters is 1. The van der Waals surface area contributed by atoms with E-state index in [1.54, 1.807) is 20.8 Å². The Morgan fingerprint density at radius 1 is 1.58 bits per heavy atom. The van der Waals surface area contributed by atoms with Crippen LogP contribution in [-0.2, 0) is 9.53 Å². The Balaban J connectivity index is 4.24. The zero-order valence-corrected chi connectivity index (χ0v) is 7.37. The maximum atomic E-state index is 11.0. The molecule has 0 aromatic carbocycles. The lowest BCUT2D eigenvalue weighted by atomic mass is 10.2. The van der Waals surface area contributed by atoms with Crippen LogP contribution in [0.5, 0.6) is 0 Å². The monoisotopic (exact) mass is 169 g/mol. The Morgan fingerprint density at radius 2 is 2.08 bits per heavy atom. The molecule has 0 saturated carbocycles. The van der Waals surface area contributed by atoms with Crippen LogP contribution in [0, 0.1) is 0 Å². The molecular formula is C7H11N3O2. The second-order valence-electron chi connectivity index (χ2n) is 3.14. The van der Waals surface area contributed by atoms with Crippen molar-refractivity contribution in [2.24, 2.45) is 5.11 Å². The first-order chi connectivity index (χ1) is 5.37. The molecule has 0 aliphatic heterocycles. The number of nitrogens with zero attached hydrogens (tertiary/aromatic N) is 3. The molecule has 5 nitrogen and oxygen atoms in total. The third-order valence-electron chi connectivity index (χ3n) is 0.800. The Labute approximate surface area is 70.6 Å². The van der Waals surface area contributed by atoms with Gasteiger partial charge in [0.15, 0.2) is 0 Å². The third-order valence-corrected chi connectivity index (χ3v) is 0.800. The minimum absolute atomic E-state index is 0.229. The van der Waals surface area contributed by atoms with E-state index < -0.39 is 11.6 Å². The molecular weight excluding hydrogens is 158 g/mol. The second kappa shape index (κ2) is 3.78. The first-order valence-electron chi connectivity index (χ1n) is 3.34. The number of hydrogen-bond acceptors (Lipinski definition) is 3. The molecule has 0 aromatic heterocycles. The van der Waals surface area contributed by atoms with Gasteiger partial charge >= 0.3 is 5.97 Å². The van der Waals surface area contributed by atoms with E-state index in [9.17, 15) is 4.79 Å². The molecule has 0 amide bonds. The molecule has 0 rings (SSSR count). The minimum atomic E-state index is -0.694. The molecule has 0 unspecified atom stereocenters. The van der Waals surface area contributed by atoms with Gasteiger partial charge in [-0.15, -0.1) is 0 Å². The van der Waals surface area contributed by atoms with Crippen molar-refractivity contribution in [1.29, 1.82) is 0 Å². The van der Waals surface area contributed by atoms with E-state index in [1.165, 1.54) is 0 Å². The molecule has 0 N–H and O–H groups in total. The standard InChI is InChI=1S/C7H11N3O2/c1-5(9-10-8)6(11)12-7(2,3)4/h1H2,2-4H3. The molecule has 0 aliphatic rings. The molecule has 0 aromatic rings. The van der Waals surface area contributed by atoms with Gasteiger partial charge in [0.2, 0.25) is 0 Å². The number of ether oxygens (including phenoxy) is 1. The average Bonchev–Trinajstić information content (AvgIpc) is 1.84. The van der Waals surface area contributed by atoms with Gasteiger partial charge in [0, 0.05) is 4.91 Å². The van der Waals surface area contributed by atoms with E-state index in [2.05, 4.69) is 16.6 Å².